The summed E-state index contributed by atoms with van der Waals surface area (Å²) < 4.78 is 24.5. The third-order valence-corrected chi connectivity index (χ3v) is 5.37. The van der Waals surface area contributed by atoms with Crippen LogP contribution in [0.2, 0.25) is 0 Å². The summed E-state index contributed by atoms with van der Waals surface area (Å²) in [6.07, 6.45) is 0.795. The van der Waals surface area contributed by atoms with Crippen LogP contribution in [0.3, 0.4) is 0 Å². The van der Waals surface area contributed by atoms with Crippen LogP contribution in [0.1, 0.15) is 39.2 Å². The van der Waals surface area contributed by atoms with E-state index in [2.05, 4.69) is 15.2 Å². The lowest BCUT2D eigenvalue weighted by Gasteiger charge is -2.34. The monoisotopic (exact) mass is 482 g/mol. The van der Waals surface area contributed by atoms with Crippen molar-refractivity contribution in [2.24, 2.45) is 5.92 Å². The molecule has 186 valence electrons. The van der Waals surface area contributed by atoms with E-state index in [1.54, 1.807) is 27.0 Å². The molecule has 2 atom stereocenters. The maximum absolute atomic E-state index is 13.7. The maximum Gasteiger partial charge on any atom is 0.410 e. The van der Waals surface area contributed by atoms with E-state index < -0.39 is 17.9 Å². The molecule has 3 heterocycles. The first-order valence-electron chi connectivity index (χ1n) is 11.4. The second-order valence-electron chi connectivity index (χ2n) is 9.28. The fourth-order valence-corrected chi connectivity index (χ4v) is 3.59. The molecule has 1 fully saturated rings. The zero-order valence-corrected chi connectivity index (χ0v) is 20.2. The Balaban J connectivity index is 0.000000196. The number of carbonyl (C=O) groups is 1. The van der Waals surface area contributed by atoms with E-state index in [1.165, 1.54) is 4.90 Å². The van der Waals surface area contributed by atoms with Gasteiger partial charge in [0.15, 0.2) is 5.82 Å². The first-order valence-corrected chi connectivity index (χ1v) is 11.4. The molecular weight excluding hydrogens is 451 g/mol. The number of fused-ring (bicyclic) bond motifs is 1. The molecule has 0 unspecified atom stereocenters. The minimum Gasteiger partial charge on any atom is -0.472 e. The molecule has 0 aliphatic carbocycles. The van der Waals surface area contributed by atoms with E-state index in [4.69, 9.17) is 20.5 Å². The highest BCUT2D eigenvalue weighted by Crippen LogP contribution is 2.27. The molecule has 3 aromatic rings. The van der Waals surface area contributed by atoms with Gasteiger partial charge in [0.25, 0.3) is 0 Å². The molecule has 0 saturated carbocycles. The Hall–Kier alpha value is -3.87. The third kappa shape index (κ3) is 7.30. The smallest absolute Gasteiger partial charge is 0.410 e. The Morgan fingerprint density at radius 3 is 2.71 bits per heavy atom. The van der Waals surface area contributed by atoms with Crippen LogP contribution in [-0.4, -0.2) is 51.0 Å². The molecule has 1 amide bonds. The summed E-state index contributed by atoms with van der Waals surface area (Å²) >= 11 is 0. The average molecular weight is 483 g/mol. The number of rotatable bonds is 4. The summed E-state index contributed by atoms with van der Waals surface area (Å²) in [5, 5.41) is 16.0. The first-order chi connectivity index (χ1) is 16.7. The number of aromatic amines is 1. The van der Waals surface area contributed by atoms with Gasteiger partial charge in [-0.25, -0.2) is 14.2 Å². The molecule has 0 spiro atoms. The van der Waals surface area contributed by atoms with Crippen LogP contribution in [0.25, 0.3) is 10.9 Å². The topological polar surface area (TPSA) is 130 Å². The number of nitriles is 1. The molecule has 4 rings (SSSR count). The number of carbonyl (C=O) groups excluding carboxylic acids is 1. The normalized spacial score (nSPS) is 17.7. The quantitative estimate of drug-likeness (QED) is 0.555. The molecule has 1 saturated heterocycles. The van der Waals surface area contributed by atoms with Gasteiger partial charge in [-0.3, -0.25) is 5.10 Å². The molecule has 0 radical (unpaired) electrons. The van der Waals surface area contributed by atoms with Gasteiger partial charge in [-0.2, -0.15) is 10.4 Å². The second kappa shape index (κ2) is 11.5. The van der Waals surface area contributed by atoms with Crippen LogP contribution in [0.15, 0.2) is 42.6 Å². The number of benzene rings is 1. The van der Waals surface area contributed by atoms with Crippen molar-refractivity contribution in [3.8, 4) is 11.9 Å². The molecule has 9 nitrogen and oxygen atoms in total. The fourth-order valence-electron chi connectivity index (χ4n) is 3.59. The van der Waals surface area contributed by atoms with E-state index in [-0.39, 0.29) is 18.9 Å². The lowest BCUT2D eigenvalue weighted by atomic mass is 9.92. The molecule has 0 bridgehead atoms. The highest BCUT2D eigenvalue weighted by molar-refractivity contribution is 5.92. The van der Waals surface area contributed by atoms with Gasteiger partial charge in [0.2, 0.25) is 5.88 Å². The number of nitrogen functional groups attached to an aromatic ring is 1. The van der Waals surface area contributed by atoms with Crippen molar-refractivity contribution in [3.63, 3.8) is 0 Å². The number of alkyl halides is 1. The Labute approximate surface area is 204 Å². The number of likely N-dealkylation sites (tertiary alicyclic amines) is 1. The van der Waals surface area contributed by atoms with Crippen LogP contribution in [-0.2, 0) is 11.3 Å². The molecule has 1 aromatic carbocycles. The number of aromatic nitrogens is 3. The summed E-state index contributed by atoms with van der Waals surface area (Å²) in [4.78, 5) is 17.3. The summed E-state index contributed by atoms with van der Waals surface area (Å²) in [6, 6.07) is 13.7. The lowest BCUT2D eigenvalue weighted by Crippen LogP contribution is -2.46. The fraction of sp³-hybridized carbons (Fsp3) is 0.440. The molecule has 2 aromatic heterocycles. The van der Waals surface area contributed by atoms with Crippen molar-refractivity contribution in [1.82, 2.24) is 20.1 Å². The zero-order chi connectivity index (χ0) is 25.4. The van der Waals surface area contributed by atoms with Crippen LogP contribution in [0.5, 0.6) is 5.88 Å². The highest BCUT2D eigenvalue weighted by Gasteiger charge is 2.33. The van der Waals surface area contributed by atoms with E-state index in [9.17, 15) is 9.18 Å². The Kier molecular flexibility index (Phi) is 8.47. The molecular formula is C25H31FN6O3. The number of hydrogen-bond acceptors (Lipinski definition) is 7. The van der Waals surface area contributed by atoms with Crippen LogP contribution >= 0.6 is 0 Å². The first kappa shape index (κ1) is 25.7. The number of H-pyrrole nitrogens is 1. The highest BCUT2D eigenvalue weighted by atomic mass is 19.1. The van der Waals surface area contributed by atoms with E-state index in [0.717, 1.165) is 16.5 Å². The number of piperidine rings is 1. The van der Waals surface area contributed by atoms with Crippen LogP contribution in [0.4, 0.5) is 15.0 Å². The van der Waals surface area contributed by atoms with Gasteiger partial charge >= 0.3 is 6.09 Å². The number of hydrogen-bond donors (Lipinski definition) is 2. The van der Waals surface area contributed by atoms with E-state index >= 15 is 0 Å². The van der Waals surface area contributed by atoms with Crippen LogP contribution < -0.4 is 10.5 Å². The molecule has 1 aliphatic heterocycles. The minimum atomic E-state index is -1.13. The van der Waals surface area contributed by atoms with Crippen molar-refractivity contribution < 1.29 is 18.7 Å². The van der Waals surface area contributed by atoms with E-state index in [1.807, 2.05) is 42.5 Å². The summed E-state index contributed by atoms with van der Waals surface area (Å²) in [5.74, 6) is 0.655. The van der Waals surface area contributed by atoms with Gasteiger partial charge in [0, 0.05) is 25.1 Å². The van der Waals surface area contributed by atoms with Gasteiger partial charge in [0.05, 0.1) is 18.1 Å². The van der Waals surface area contributed by atoms with Crippen molar-refractivity contribution in [2.75, 3.05) is 18.8 Å². The second-order valence-corrected chi connectivity index (χ2v) is 9.28. The lowest BCUT2D eigenvalue weighted by molar-refractivity contribution is 0.00589. The summed E-state index contributed by atoms with van der Waals surface area (Å²) in [6.45, 7) is 6.28. The van der Waals surface area contributed by atoms with Gasteiger partial charge < -0.3 is 20.1 Å². The van der Waals surface area contributed by atoms with Crippen LogP contribution in [0, 0.1) is 17.2 Å². The predicted octanol–water partition coefficient (Wildman–Crippen LogP) is 4.61. The number of halogens is 1. The minimum absolute atomic E-state index is 0.0290. The summed E-state index contributed by atoms with van der Waals surface area (Å²) in [7, 11) is 0. The standard InChI is InChI=1S/C13H12N4O.C12H19FN2O2/c14-12-11-10(16-17-12)6-7-15-13(11)18-8-9-4-2-1-3-5-9;1-12(2,3)17-11(16)15-7-5-9(4-6-14)10(13)8-15/h1-7H,8H2,(H3,14,16,17);9-10H,4-5,7-8H2,1-3H3/t;9-,10+/m.0/s1. The van der Waals surface area contributed by atoms with Gasteiger partial charge in [-0.15, -0.1) is 0 Å². The molecule has 10 heteroatoms. The van der Waals surface area contributed by atoms with Crippen molar-refractivity contribution in [3.05, 3.63) is 48.2 Å². The van der Waals surface area contributed by atoms with Crippen molar-refractivity contribution >= 4 is 22.8 Å². The van der Waals surface area contributed by atoms with Crippen molar-refractivity contribution in [1.29, 1.82) is 5.26 Å². The number of ether oxygens (including phenoxy) is 2. The Morgan fingerprint density at radius 1 is 1.31 bits per heavy atom. The molecule has 1 aliphatic rings. The van der Waals surface area contributed by atoms with E-state index in [0.29, 0.717) is 31.3 Å². The average Bonchev–Trinajstić information content (AvgIpc) is 3.20. The van der Waals surface area contributed by atoms with Gasteiger partial charge in [0.1, 0.15) is 23.8 Å². The Morgan fingerprint density at radius 2 is 2.06 bits per heavy atom. The number of nitrogens with two attached hydrogens (primary N) is 1. The predicted molar refractivity (Wildman–Crippen MR) is 130 cm³/mol. The summed E-state index contributed by atoms with van der Waals surface area (Å²) in [5.41, 5.74) is 7.13. The van der Waals surface area contributed by atoms with Crippen molar-refractivity contribution in [2.45, 2.75) is 52.0 Å². The van der Waals surface area contributed by atoms with Gasteiger partial charge in [-0.05, 0) is 38.8 Å². The molecule has 35 heavy (non-hydrogen) atoms. The molecule has 3 N–H and O–H groups in total. The number of nitrogens with zero attached hydrogens (tertiary/aromatic N) is 4. The number of amides is 1. The zero-order valence-electron chi connectivity index (χ0n) is 20.2. The number of pyridine rings is 1. The maximum atomic E-state index is 13.7. The van der Waals surface area contributed by atoms with Gasteiger partial charge in [-0.1, -0.05) is 30.3 Å². The third-order valence-electron chi connectivity index (χ3n) is 5.37. The largest absolute Gasteiger partial charge is 0.472 e. The Bertz CT molecular complexity index is 1160. The SMILES string of the molecule is CC(C)(C)OC(=O)N1CC[C@H](CC#N)[C@H](F)C1.Nc1n[nH]c2ccnc(OCc3ccccc3)c12. The number of nitrogens with one attached hydrogen (secondary N) is 1. The number of anilines is 1.